The van der Waals surface area contributed by atoms with Crippen LogP contribution < -0.4 is 5.43 Å². The van der Waals surface area contributed by atoms with Crippen molar-refractivity contribution in [3.8, 4) is 0 Å². The number of benzene rings is 1. The average Bonchev–Trinajstić information content (AvgIpc) is 2.34. The molecule has 0 fully saturated rings. The van der Waals surface area contributed by atoms with E-state index in [0.717, 1.165) is 4.47 Å². The van der Waals surface area contributed by atoms with Crippen LogP contribution in [0.3, 0.4) is 0 Å². The van der Waals surface area contributed by atoms with Crippen molar-refractivity contribution in [1.29, 1.82) is 0 Å². The molecule has 1 heterocycles. The smallest absolute Gasteiger partial charge is 0.243 e. The van der Waals surface area contributed by atoms with Crippen molar-refractivity contribution in [3.05, 3.63) is 52.5 Å². The molecule has 0 saturated heterocycles. The number of rotatable bonds is 3. The first kappa shape index (κ1) is 11.7. The van der Waals surface area contributed by atoms with Crippen LogP contribution in [0.25, 0.3) is 0 Å². The van der Waals surface area contributed by atoms with E-state index in [2.05, 4.69) is 36.4 Å². The van der Waals surface area contributed by atoms with E-state index in [1.165, 1.54) is 12.3 Å². The number of hydrazone groups is 1. The zero-order valence-corrected chi connectivity index (χ0v) is 10.2. The first-order valence-electron chi connectivity index (χ1n) is 4.77. The van der Waals surface area contributed by atoms with Crippen LogP contribution in [0.2, 0.25) is 0 Å². The zero-order valence-electron chi connectivity index (χ0n) is 8.64. The number of hydrogen-bond acceptors (Lipinski definition) is 4. The summed E-state index contributed by atoms with van der Waals surface area (Å²) >= 11 is 3.22. The van der Waals surface area contributed by atoms with Gasteiger partial charge >= 0.3 is 0 Å². The van der Waals surface area contributed by atoms with Crippen LogP contribution in [0.5, 0.6) is 0 Å². The van der Waals surface area contributed by atoms with E-state index >= 15 is 0 Å². The molecule has 0 aliphatic carbocycles. The van der Waals surface area contributed by atoms with Gasteiger partial charge < -0.3 is 0 Å². The summed E-state index contributed by atoms with van der Waals surface area (Å²) in [6.45, 7) is 0. The van der Waals surface area contributed by atoms with Crippen molar-refractivity contribution in [2.24, 2.45) is 5.10 Å². The standard InChI is InChI=1S/C11H8BrFN4/c12-9-6-14-11(15-7-9)17-16-5-8-3-1-2-4-10(8)13/h1-7H,(H,14,15,17)/b16-5+. The molecule has 0 saturated carbocycles. The second-order valence-electron chi connectivity index (χ2n) is 3.12. The van der Waals surface area contributed by atoms with Crippen LogP contribution in [-0.4, -0.2) is 16.2 Å². The van der Waals surface area contributed by atoms with Crippen molar-refractivity contribution >= 4 is 28.1 Å². The maximum Gasteiger partial charge on any atom is 0.243 e. The van der Waals surface area contributed by atoms with Crippen molar-refractivity contribution in [2.75, 3.05) is 5.43 Å². The molecule has 86 valence electrons. The summed E-state index contributed by atoms with van der Waals surface area (Å²) in [5.41, 5.74) is 3.01. The molecule has 1 aromatic heterocycles. The minimum Gasteiger partial charge on any atom is -0.245 e. The molecule has 2 rings (SSSR count). The topological polar surface area (TPSA) is 50.2 Å². The summed E-state index contributed by atoms with van der Waals surface area (Å²) in [6.07, 6.45) is 4.56. The highest BCUT2D eigenvalue weighted by Gasteiger charge is 1.96. The molecule has 0 bridgehead atoms. The monoisotopic (exact) mass is 294 g/mol. The summed E-state index contributed by atoms with van der Waals surface area (Å²) in [6, 6.07) is 6.36. The molecule has 0 aliphatic rings. The average molecular weight is 295 g/mol. The zero-order chi connectivity index (χ0) is 12.1. The summed E-state index contributed by atoms with van der Waals surface area (Å²) < 4.78 is 14.0. The molecule has 0 amide bonds. The van der Waals surface area contributed by atoms with E-state index in [1.807, 2.05) is 0 Å². The van der Waals surface area contributed by atoms with Gasteiger partial charge in [-0.2, -0.15) is 5.10 Å². The van der Waals surface area contributed by atoms with E-state index in [0.29, 0.717) is 11.5 Å². The lowest BCUT2D eigenvalue weighted by Crippen LogP contribution is -1.96. The number of halogens is 2. The van der Waals surface area contributed by atoms with Crippen LogP contribution >= 0.6 is 15.9 Å². The maximum atomic E-state index is 13.2. The van der Waals surface area contributed by atoms with Crippen LogP contribution in [0.15, 0.2) is 46.2 Å². The molecule has 0 atom stereocenters. The molecule has 1 N–H and O–H groups in total. The van der Waals surface area contributed by atoms with Gasteiger partial charge in [-0.25, -0.2) is 19.8 Å². The van der Waals surface area contributed by atoms with E-state index in [4.69, 9.17) is 0 Å². The predicted octanol–water partition coefficient (Wildman–Crippen LogP) is 2.82. The lowest BCUT2D eigenvalue weighted by atomic mass is 10.2. The second-order valence-corrected chi connectivity index (χ2v) is 4.03. The molecule has 17 heavy (non-hydrogen) atoms. The van der Waals surface area contributed by atoms with Gasteiger partial charge in [-0.1, -0.05) is 18.2 Å². The summed E-state index contributed by atoms with van der Waals surface area (Å²) in [5.74, 6) is 0.0237. The fraction of sp³-hybridized carbons (Fsp3) is 0. The Bertz CT molecular complexity index is 527. The van der Waals surface area contributed by atoms with E-state index < -0.39 is 0 Å². The maximum absolute atomic E-state index is 13.2. The third-order valence-electron chi connectivity index (χ3n) is 1.89. The van der Waals surface area contributed by atoms with Crippen LogP contribution in [0.1, 0.15) is 5.56 Å². The van der Waals surface area contributed by atoms with E-state index in [9.17, 15) is 4.39 Å². The van der Waals surface area contributed by atoms with E-state index in [-0.39, 0.29) is 5.82 Å². The van der Waals surface area contributed by atoms with Crippen molar-refractivity contribution < 1.29 is 4.39 Å². The number of nitrogens with zero attached hydrogens (tertiary/aromatic N) is 3. The molecule has 4 nitrogen and oxygen atoms in total. The molecule has 2 aromatic rings. The minimum atomic E-state index is -0.324. The number of nitrogens with one attached hydrogen (secondary N) is 1. The Balaban J connectivity index is 2.03. The molecule has 0 aliphatic heterocycles. The minimum absolute atomic E-state index is 0.324. The summed E-state index contributed by atoms with van der Waals surface area (Å²) in [4.78, 5) is 7.91. The van der Waals surface area contributed by atoms with Crippen molar-refractivity contribution in [3.63, 3.8) is 0 Å². The fourth-order valence-electron chi connectivity index (χ4n) is 1.11. The highest BCUT2D eigenvalue weighted by atomic mass is 79.9. The van der Waals surface area contributed by atoms with Gasteiger partial charge in [0.1, 0.15) is 5.82 Å². The number of anilines is 1. The van der Waals surface area contributed by atoms with Gasteiger partial charge in [0.2, 0.25) is 5.95 Å². The molecular formula is C11H8BrFN4. The Hall–Kier alpha value is -1.82. The first-order chi connectivity index (χ1) is 8.25. The van der Waals surface area contributed by atoms with Gasteiger partial charge in [0.15, 0.2) is 0 Å². The Morgan fingerprint density at radius 2 is 1.94 bits per heavy atom. The molecule has 1 aromatic carbocycles. The van der Waals surface area contributed by atoms with E-state index in [1.54, 1.807) is 30.6 Å². The first-order valence-corrected chi connectivity index (χ1v) is 5.56. The highest BCUT2D eigenvalue weighted by Crippen LogP contribution is 2.07. The normalized spacial score (nSPS) is 10.7. The Morgan fingerprint density at radius 1 is 1.24 bits per heavy atom. The van der Waals surface area contributed by atoms with Crippen molar-refractivity contribution in [2.45, 2.75) is 0 Å². The quantitative estimate of drug-likeness (QED) is 0.699. The molecule has 0 unspecified atom stereocenters. The Labute approximate surface area is 106 Å². The van der Waals surface area contributed by atoms with Gasteiger partial charge in [-0.05, 0) is 22.0 Å². The molecule has 0 radical (unpaired) electrons. The highest BCUT2D eigenvalue weighted by molar-refractivity contribution is 9.10. The van der Waals surface area contributed by atoms with Gasteiger partial charge in [0.25, 0.3) is 0 Å². The summed E-state index contributed by atoms with van der Waals surface area (Å²) in [5, 5.41) is 3.85. The second kappa shape index (κ2) is 5.49. The number of aromatic nitrogens is 2. The van der Waals surface area contributed by atoms with Crippen LogP contribution in [0.4, 0.5) is 10.3 Å². The largest absolute Gasteiger partial charge is 0.245 e. The summed E-state index contributed by atoms with van der Waals surface area (Å²) in [7, 11) is 0. The lowest BCUT2D eigenvalue weighted by Gasteiger charge is -1.98. The molecular weight excluding hydrogens is 287 g/mol. The van der Waals surface area contributed by atoms with Crippen LogP contribution in [0, 0.1) is 5.82 Å². The van der Waals surface area contributed by atoms with Crippen LogP contribution in [-0.2, 0) is 0 Å². The fourth-order valence-corrected chi connectivity index (χ4v) is 1.31. The Morgan fingerprint density at radius 3 is 2.65 bits per heavy atom. The van der Waals surface area contributed by atoms with Gasteiger partial charge in [-0.3, -0.25) is 0 Å². The molecule has 0 spiro atoms. The lowest BCUT2D eigenvalue weighted by molar-refractivity contribution is 0.626. The third-order valence-corrected chi connectivity index (χ3v) is 2.30. The SMILES string of the molecule is Fc1ccccc1/C=N/Nc1ncc(Br)cn1. The predicted molar refractivity (Wildman–Crippen MR) is 67.3 cm³/mol. The molecule has 6 heteroatoms. The Kier molecular flexibility index (Phi) is 3.77. The van der Waals surface area contributed by atoms with Gasteiger partial charge in [-0.15, -0.1) is 0 Å². The number of hydrogen-bond donors (Lipinski definition) is 1. The van der Waals surface area contributed by atoms with Gasteiger partial charge in [0.05, 0.1) is 10.7 Å². The third kappa shape index (κ3) is 3.32. The van der Waals surface area contributed by atoms with Crippen molar-refractivity contribution in [1.82, 2.24) is 9.97 Å². The van der Waals surface area contributed by atoms with Gasteiger partial charge in [0, 0.05) is 18.0 Å².